The molecule has 0 N–H and O–H groups in total. The number of pyridine rings is 1. The minimum absolute atomic E-state index is 0.136. The van der Waals surface area contributed by atoms with Crippen LogP contribution < -0.4 is 0 Å². The molecule has 88 valence electrons. The fraction of sp³-hybridized carbons (Fsp3) is 0.333. The van der Waals surface area contributed by atoms with Crippen molar-refractivity contribution in [2.45, 2.75) is 11.8 Å². The highest BCUT2D eigenvalue weighted by Gasteiger charge is 2.23. The van der Waals surface area contributed by atoms with Crippen molar-refractivity contribution in [3.8, 4) is 0 Å². The van der Waals surface area contributed by atoms with E-state index in [1.165, 1.54) is 13.3 Å². The SMILES string of the molecule is COC(=O)c1c(CBr)cnc(C(F)F)c1I. The number of methoxy groups -OCH3 is 1. The summed E-state index contributed by atoms with van der Waals surface area (Å²) in [6, 6.07) is 0. The molecule has 0 radical (unpaired) electrons. The molecule has 0 bridgehead atoms. The highest BCUT2D eigenvalue weighted by molar-refractivity contribution is 14.1. The van der Waals surface area contributed by atoms with E-state index >= 15 is 0 Å². The van der Waals surface area contributed by atoms with Gasteiger partial charge in [-0.05, 0) is 28.2 Å². The zero-order chi connectivity index (χ0) is 12.3. The molecule has 3 nitrogen and oxygen atoms in total. The van der Waals surface area contributed by atoms with Crippen molar-refractivity contribution in [2.75, 3.05) is 7.11 Å². The normalized spacial score (nSPS) is 10.6. The summed E-state index contributed by atoms with van der Waals surface area (Å²) in [5.74, 6) is -0.636. The number of hydrogen-bond acceptors (Lipinski definition) is 3. The van der Waals surface area contributed by atoms with Gasteiger partial charge >= 0.3 is 5.97 Å². The highest BCUT2D eigenvalue weighted by Crippen LogP contribution is 2.28. The number of ether oxygens (including phenoxy) is 1. The lowest BCUT2D eigenvalue weighted by Gasteiger charge is -2.10. The number of aromatic nitrogens is 1. The van der Waals surface area contributed by atoms with Gasteiger partial charge in [0.15, 0.2) is 0 Å². The van der Waals surface area contributed by atoms with Crippen molar-refractivity contribution in [2.24, 2.45) is 0 Å². The Balaban J connectivity index is 3.40. The lowest BCUT2D eigenvalue weighted by atomic mass is 10.1. The van der Waals surface area contributed by atoms with Gasteiger partial charge in [0.1, 0.15) is 5.69 Å². The Kier molecular flexibility index (Phi) is 5.03. The molecule has 0 fully saturated rings. The van der Waals surface area contributed by atoms with E-state index < -0.39 is 18.1 Å². The molecule has 1 aromatic rings. The van der Waals surface area contributed by atoms with Gasteiger partial charge in [-0.15, -0.1) is 0 Å². The molecular weight excluding hydrogens is 399 g/mol. The van der Waals surface area contributed by atoms with E-state index in [2.05, 4.69) is 25.7 Å². The standard InChI is InChI=1S/C9H7BrF2INO2/c1-16-9(15)5-4(2-10)3-14-7(6(5)13)8(11)12/h3,8H,2H2,1H3. The average Bonchev–Trinajstić information content (AvgIpc) is 2.26. The fourth-order valence-corrected chi connectivity index (χ4v) is 2.48. The monoisotopic (exact) mass is 405 g/mol. The summed E-state index contributed by atoms with van der Waals surface area (Å²) < 4.78 is 29.9. The van der Waals surface area contributed by atoms with Crippen LogP contribution in [-0.4, -0.2) is 18.1 Å². The molecule has 0 aliphatic rings. The average molecular weight is 406 g/mol. The summed E-state index contributed by atoms with van der Waals surface area (Å²) in [7, 11) is 1.21. The predicted molar refractivity (Wildman–Crippen MR) is 65.9 cm³/mol. The maximum atomic E-state index is 12.6. The third kappa shape index (κ3) is 2.68. The Morgan fingerprint density at radius 2 is 2.31 bits per heavy atom. The third-order valence-electron chi connectivity index (χ3n) is 1.87. The van der Waals surface area contributed by atoms with Crippen molar-refractivity contribution in [1.29, 1.82) is 0 Å². The minimum Gasteiger partial charge on any atom is -0.465 e. The summed E-state index contributed by atoms with van der Waals surface area (Å²) >= 11 is 4.84. The Labute approximate surface area is 113 Å². The quantitative estimate of drug-likeness (QED) is 0.440. The summed E-state index contributed by atoms with van der Waals surface area (Å²) in [4.78, 5) is 15.1. The van der Waals surface area contributed by atoms with Gasteiger partial charge in [0.2, 0.25) is 0 Å². The predicted octanol–water partition coefficient (Wildman–Crippen LogP) is 3.31. The second-order valence-corrected chi connectivity index (χ2v) is 4.42. The number of halogens is 4. The van der Waals surface area contributed by atoms with Crippen LogP contribution in [0.4, 0.5) is 8.78 Å². The summed E-state index contributed by atoms with van der Waals surface area (Å²) in [6.45, 7) is 0. The van der Waals surface area contributed by atoms with Crippen molar-refractivity contribution in [3.05, 3.63) is 26.6 Å². The number of hydrogen-bond donors (Lipinski definition) is 0. The molecule has 0 aliphatic carbocycles. The number of alkyl halides is 3. The van der Waals surface area contributed by atoms with Gasteiger partial charge in [-0.1, -0.05) is 15.9 Å². The van der Waals surface area contributed by atoms with Crippen LogP contribution in [0.25, 0.3) is 0 Å². The summed E-state index contributed by atoms with van der Waals surface area (Å²) in [5, 5.41) is 0.351. The Morgan fingerprint density at radius 3 is 2.75 bits per heavy atom. The molecule has 1 rings (SSSR count). The minimum atomic E-state index is -2.71. The molecule has 0 atom stereocenters. The lowest BCUT2D eigenvalue weighted by molar-refractivity contribution is 0.0597. The topological polar surface area (TPSA) is 39.2 Å². The Hall–Kier alpha value is -0.310. The maximum absolute atomic E-state index is 12.6. The number of carbonyl (C=O) groups excluding carboxylic acids is 1. The first-order chi connectivity index (χ1) is 7.52. The van der Waals surface area contributed by atoms with Crippen LogP contribution in [0.15, 0.2) is 6.20 Å². The molecule has 1 heterocycles. The van der Waals surface area contributed by atoms with Crippen LogP contribution in [0.2, 0.25) is 0 Å². The van der Waals surface area contributed by atoms with E-state index in [0.29, 0.717) is 10.9 Å². The van der Waals surface area contributed by atoms with Gasteiger partial charge in [-0.3, -0.25) is 4.98 Å². The van der Waals surface area contributed by atoms with Gasteiger partial charge in [0.05, 0.1) is 16.2 Å². The first kappa shape index (κ1) is 13.8. The van der Waals surface area contributed by atoms with Gasteiger partial charge in [0.25, 0.3) is 6.43 Å². The molecule has 0 spiro atoms. The van der Waals surface area contributed by atoms with E-state index in [-0.39, 0.29) is 9.13 Å². The molecule has 0 aliphatic heterocycles. The lowest BCUT2D eigenvalue weighted by Crippen LogP contribution is -2.11. The highest BCUT2D eigenvalue weighted by atomic mass is 127. The summed E-state index contributed by atoms with van der Waals surface area (Å²) in [5.41, 5.74) is 0.275. The van der Waals surface area contributed by atoms with Crippen molar-refractivity contribution in [1.82, 2.24) is 4.98 Å². The molecule has 7 heteroatoms. The molecule has 0 amide bonds. The van der Waals surface area contributed by atoms with Gasteiger partial charge in [-0.25, -0.2) is 13.6 Å². The van der Waals surface area contributed by atoms with Crippen LogP contribution in [-0.2, 0) is 10.1 Å². The van der Waals surface area contributed by atoms with E-state index in [1.54, 1.807) is 22.6 Å². The fourth-order valence-electron chi connectivity index (χ4n) is 1.11. The Morgan fingerprint density at radius 1 is 1.69 bits per heavy atom. The molecule has 0 aromatic carbocycles. The molecule has 1 aromatic heterocycles. The number of esters is 1. The number of rotatable bonds is 3. The first-order valence-corrected chi connectivity index (χ1v) is 6.32. The number of carbonyl (C=O) groups is 1. The van der Waals surface area contributed by atoms with E-state index in [0.717, 1.165) is 0 Å². The van der Waals surface area contributed by atoms with Gasteiger partial charge in [-0.2, -0.15) is 0 Å². The zero-order valence-corrected chi connectivity index (χ0v) is 11.9. The molecule has 0 unspecified atom stereocenters. The maximum Gasteiger partial charge on any atom is 0.339 e. The third-order valence-corrected chi connectivity index (χ3v) is 3.56. The second-order valence-electron chi connectivity index (χ2n) is 2.78. The second kappa shape index (κ2) is 5.85. The zero-order valence-electron chi connectivity index (χ0n) is 8.14. The van der Waals surface area contributed by atoms with Crippen LogP contribution >= 0.6 is 38.5 Å². The van der Waals surface area contributed by atoms with Gasteiger partial charge in [0, 0.05) is 11.5 Å². The van der Waals surface area contributed by atoms with Crippen LogP contribution in [0.1, 0.15) is 28.0 Å². The molecular formula is C9H7BrF2INO2. The summed E-state index contributed by atoms with van der Waals surface area (Å²) in [6.07, 6.45) is -1.45. The smallest absolute Gasteiger partial charge is 0.339 e. The van der Waals surface area contributed by atoms with Crippen molar-refractivity contribution >= 4 is 44.5 Å². The Bertz CT molecular complexity index is 415. The van der Waals surface area contributed by atoms with Crippen molar-refractivity contribution < 1.29 is 18.3 Å². The van der Waals surface area contributed by atoms with E-state index in [9.17, 15) is 13.6 Å². The van der Waals surface area contributed by atoms with Crippen LogP contribution in [0, 0.1) is 3.57 Å². The van der Waals surface area contributed by atoms with E-state index in [1.807, 2.05) is 0 Å². The largest absolute Gasteiger partial charge is 0.465 e. The van der Waals surface area contributed by atoms with Crippen molar-refractivity contribution in [3.63, 3.8) is 0 Å². The van der Waals surface area contributed by atoms with E-state index in [4.69, 9.17) is 0 Å². The van der Waals surface area contributed by atoms with Crippen LogP contribution in [0.5, 0.6) is 0 Å². The number of nitrogens with zero attached hydrogens (tertiary/aromatic N) is 1. The van der Waals surface area contributed by atoms with Gasteiger partial charge < -0.3 is 4.74 Å². The van der Waals surface area contributed by atoms with Crippen LogP contribution in [0.3, 0.4) is 0 Å². The molecule has 0 saturated carbocycles. The molecule has 0 saturated heterocycles. The first-order valence-electron chi connectivity index (χ1n) is 4.12. The molecule has 16 heavy (non-hydrogen) atoms.